The fourth-order valence-electron chi connectivity index (χ4n) is 2.82. The van der Waals surface area contributed by atoms with E-state index in [9.17, 15) is 0 Å². The molecule has 2 N–H and O–H groups in total. The number of hydrogen-bond acceptors (Lipinski definition) is 4. The van der Waals surface area contributed by atoms with Crippen molar-refractivity contribution >= 4 is 17.5 Å². The number of benzene rings is 2. The molecule has 4 nitrogen and oxygen atoms in total. The molecule has 25 heavy (non-hydrogen) atoms. The summed E-state index contributed by atoms with van der Waals surface area (Å²) in [4.78, 5) is 9.16. The highest BCUT2D eigenvalue weighted by atomic mass is 15.1. The molecule has 4 heteroatoms. The lowest BCUT2D eigenvalue weighted by molar-refractivity contribution is 0.871. The van der Waals surface area contributed by atoms with E-state index in [1.54, 1.807) is 0 Å². The van der Waals surface area contributed by atoms with Crippen LogP contribution in [0.1, 0.15) is 36.7 Å². The number of aryl methyl sites for hydroxylation is 2. The number of nitrogens with zero attached hydrogens (tertiary/aromatic N) is 2. The highest BCUT2D eigenvalue weighted by Crippen LogP contribution is 2.22. The average molecular weight is 332 g/mol. The minimum atomic E-state index is 0.172. The van der Waals surface area contributed by atoms with Gasteiger partial charge in [-0.15, -0.1) is 0 Å². The van der Waals surface area contributed by atoms with Gasteiger partial charge in [0.05, 0.1) is 0 Å². The zero-order valence-electron chi connectivity index (χ0n) is 15.0. The van der Waals surface area contributed by atoms with Crippen molar-refractivity contribution in [3.05, 3.63) is 77.5 Å². The number of nitrogens with one attached hydrogen (secondary N) is 2. The maximum Gasteiger partial charge on any atom is 0.229 e. The third-order valence-corrected chi connectivity index (χ3v) is 4.16. The van der Waals surface area contributed by atoms with E-state index in [4.69, 9.17) is 0 Å². The Labute approximate surface area is 149 Å². The van der Waals surface area contributed by atoms with Crippen LogP contribution in [-0.2, 0) is 6.42 Å². The van der Waals surface area contributed by atoms with Gasteiger partial charge < -0.3 is 10.6 Å². The average Bonchev–Trinajstić information content (AvgIpc) is 2.62. The fraction of sp³-hybridized carbons (Fsp3) is 0.238. The van der Waals surface area contributed by atoms with Crippen LogP contribution in [-0.4, -0.2) is 9.97 Å². The Balaban J connectivity index is 1.81. The number of aromatic nitrogens is 2. The summed E-state index contributed by atoms with van der Waals surface area (Å²) in [6.07, 6.45) is 0.963. The van der Waals surface area contributed by atoms with Gasteiger partial charge in [-0.05, 0) is 37.5 Å². The molecule has 0 aliphatic carbocycles. The molecule has 3 aromatic rings. The van der Waals surface area contributed by atoms with Gasteiger partial charge in [0.1, 0.15) is 5.82 Å². The van der Waals surface area contributed by atoms with E-state index in [1.165, 1.54) is 11.1 Å². The van der Waals surface area contributed by atoms with E-state index in [-0.39, 0.29) is 6.04 Å². The predicted molar refractivity (Wildman–Crippen MR) is 104 cm³/mol. The number of hydrogen-bond donors (Lipinski definition) is 2. The van der Waals surface area contributed by atoms with Gasteiger partial charge in [0.2, 0.25) is 5.95 Å². The molecule has 128 valence electrons. The largest absolute Gasteiger partial charge is 0.363 e. The minimum absolute atomic E-state index is 0.172. The highest BCUT2D eigenvalue weighted by Gasteiger charge is 2.09. The molecule has 2 aromatic carbocycles. The van der Waals surface area contributed by atoms with Crippen LogP contribution < -0.4 is 10.6 Å². The van der Waals surface area contributed by atoms with Gasteiger partial charge in [-0.2, -0.15) is 4.98 Å². The second-order valence-electron chi connectivity index (χ2n) is 6.13. The molecule has 0 spiro atoms. The summed E-state index contributed by atoms with van der Waals surface area (Å²) in [6, 6.07) is 20.7. The summed E-state index contributed by atoms with van der Waals surface area (Å²) in [6.45, 7) is 6.26. The first-order valence-corrected chi connectivity index (χ1v) is 8.68. The second kappa shape index (κ2) is 7.79. The van der Waals surface area contributed by atoms with Crippen molar-refractivity contribution in [2.45, 2.75) is 33.2 Å². The summed E-state index contributed by atoms with van der Waals surface area (Å²) in [5, 5.41) is 6.82. The molecule has 0 saturated carbocycles. The van der Waals surface area contributed by atoms with Crippen LogP contribution in [0.5, 0.6) is 0 Å². The zero-order valence-corrected chi connectivity index (χ0v) is 15.0. The number of para-hydroxylation sites is 1. The van der Waals surface area contributed by atoms with Gasteiger partial charge >= 0.3 is 0 Å². The van der Waals surface area contributed by atoms with Crippen molar-refractivity contribution < 1.29 is 0 Å². The first kappa shape index (κ1) is 17.0. The molecule has 1 atom stereocenters. The Morgan fingerprint density at radius 2 is 1.68 bits per heavy atom. The van der Waals surface area contributed by atoms with Gasteiger partial charge in [0.25, 0.3) is 0 Å². The van der Waals surface area contributed by atoms with Crippen molar-refractivity contribution in [2.24, 2.45) is 0 Å². The van der Waals surface area contributed by atoms with Crippen molar-refractivity contribution in [3.8, 4) is 0 Å². The lowest BCUT2D eigenvalue weighted by atomic mass is 10.1. The summed E-state index contributed by atoms with van der Waals surface area (Å²) in [5.74, 6) is 1.43. The van der Waals surface area contributed by atoms with Gasteiger partial charge in [0.15, 0.2) is 0 Å². The molecule has 3 rings (SSSR count). The molecule has 0 amide bonds. The van der Waals surface area contributed by atoms with E-state index in [1.807, 2.05) is 37.3 Å². The van der Waals surface area contributed by atoms with Gasteiger partial charge in [-0.25, -0.2) is 4.98 Å². The molecule has 1 aromatic heterocycles. The summed E-state index contributed by atoms with van der Waals surface area (Å²) < 4.78 is 0. The summed E-state index contributed by atoms with van der Waals surface area (Å²) >= 11 is 0. The highest BCUT2D eigenvalue weighted by molar-refractivity contribution is 5.59. The molecule has 1 unspecified atom stereocenters. The monoisotopic (exact) mass is 332 g/mol. The van der Waals surface area contributed by atoms with Crippen LogP contribution in [0.4, 0.5) is 17.5 Å². The Kier molecular flexibility index (Phi) is 5.29. The molecular weight excluding hydrogens is 308 g/mol. The first-order chi connectivity index (χ1) is 12.2. The number of rotatable bonds is 6. The standard InChI is InChI=1S/C21H24N4/c1-4-17-10-8-9-13-19(17)24-21-22-15(2)14-20(25-21)23-16(3)18-11-6-5-7-12-18/h5-14,16H,4H2,1-3H3,(H2,22,23,24,25). The van der Waals surface area contributed by atoms with E-state index < -0.39 is 0 Å². The molecule has 1 heterocycles. The first-order valence-electron chi connectivity index (χ1n) is 8.68. The van der Waals surface area contributed by atoms with Gasteiger partial charge in [0, 0.05) is 23.5 Å². The van der Waals surface area contributed by atoms with Crippen LogP contribution in [0, 0.1) is 6.92 Å². The van der Waals surface area contributed by atoms with Crippen LogP contribution in [0.2, 0.25) is 0 Å². The van der Waals surface area contributed by atoms with Crippen molar-refractivity contribution in [1.82, 2.24) is 9.97 Å². The molecule has 0 bridgehead atoms. The maximum absolute atomic E-state index is 4.64. The predicted octanol–water partition coefficient (Wildman–Crippen LogP) is 5.26. The molecule has 0 radical (unpaired) electrons. The van der Waals surface area contributed by atoms with Crippen LogP contribution in [0.3, 0.4) is 0 Å². The van der Waals surface area contributed by atoms with Crippen LogP contribution in [0.25, 0.3) is 0 Å². The smallest absolute Gasteiger partial charge is 0.229 e. The van der Waals surface area contributed by atoms with E-state index in [2.05, 4.69) is 64.8 Å². The zero-order chi connectivity index (χ0) is 17.6. The van der Waals surface area contributed by atoms with Crippen LogP contribution in [0.15, 0.2) is 60.7 Å². The lowest BCUT2D eigenvalue weighted by Gasteiger charge is -2.16. The van der Waals surface area contributed by atoms with E-state index >= 15 is 0 Å². The minimum Gasteiger partial charge on any atom is -0.363 e. The molecular formula is C21H24N4. The van der Waals surface area contributed by atoms with Gasteiger partial charge in [-0.3, -0.25) is 0 Å². The van der Waals surface area contributed by atoms with Crippen molar-refractivity contribution in [1.29, 1.82) is 0 Å². The van der Waals surface area contributed by atoms with Gasteiger partial charge in [-0.1, -0.05) is 55.5 Å². The Hall–Kier alpha value is -2.88. The Morgan fingerprint density at radius 1 is 0.960 bits per heavy atom. The Bertz CT molecular complexity index is 830. The summed E-state index contributed by atoms with van der Waals surface area (Å²) in [5.41, 5.74) is 4.45. The maximum atomic E-state index is 4.64. The SMILES string of the molecule is CCc1ccccc1Nc1nc(C)cc(NC(C)c2ccccc2)n1. The lowest BCUT2D eigenvalue weighted by Crippen LogP contribution is -2.10. The van der Waals surface area contributed by atoms with E-state index in [0.717, 1.165) is 23.6 Å². The quantitative estimate of drug-likeness (QED) is 0.646. The van der Waals surface area contributed by atoms with Crippen molar-refractivity contribution in [3.63, 3.8) is 0 Å². The van der Waals surface area contributed by atoms with Crippen molar-refractivity contribution in [2.75, 3.05) is 10.6 Å². The van der Waals surface area contributed by atoms with Crippen LogP contribution >= 0.6 is 0 Å². The number of anilines is 3. The second-order valence-corrected chi connectivity index (χ2v) is 6.13. The Morgan fingerprint density at radius 3 is 2.44 bits per heavy atom. The molecule has 0 aliphatic heterocycles. The molecule has 0 fully saturated rings. The normalized spacial score (nSPS) is 11.8. The third-order valence-electron chi connectivity index (χ3n) is 4.16. The van der Waals surface area contributed by atoms with E-state index in [0.29, 0.717) is 5.95 Å². The molecule has 0 aliphatic rings. The summed E-state index contributed by atoms with van der Waals surface area (Å²) in [7, 11) is 0. The topological polar surface area (TPSA) is 49.8 Å². The third kappa shape index (κ3) is 4.35. The fourth-order valence-corrected chi connectivity index (χ4v) is 2.82. The molecule has 0 saturated heterocycles.